The molecule has 2 N–H and O–H groups in total. The fourth-order valence-corrected chi connectivity index (χ4v) is 2.33. The Labute approximate surface area is 137 Å². The van der Waals surface area contributed by atoms with Gasteiger partial charge < -0.3 is 15.2 Å². The summed E-state index contributed by atoms with van der Waals surface area (Å²) in [6, 6.07) is 16.7. The van der Waals surface area contributed by atoms with Gasteiger partial charge in [0.05, 0.1) is 0 Å². The molecule has 2 rings (SSSR count). The summed E-state index contributed by atoms with van der Waals surface area (Å²) in [4.78, 5) is 11.3. The SMILES string of the molecule is CC(C)C[C@@H](NCc1cccc(Oc2ccccc2)c1)C(=O)O. The van der Waals surface area contributed by atoms with Crippen molar-refractivity contribution in [2.45, 2.75) is 32.9 Å². The van der Waals surface area contributed by atoms with Crippen LogP contribution in [-0.4, -0.2) is 17.1 Å². The molecule has 0 unspecified atom stereocenters. The molecule has 23 heavy (non-hydrogen) atoms. The van der Waals surface area contributed by atoms with E-state index in [2.05, 4.69) is 5.32 Å². The van der Waals surface area contributed by atoms with Crippen molar-refractivity contribution in [3.8, 4) is 11.5 Å². The molecular formula is C19H23NO3. The van der Waals surface area contributed by atoms with Crippen LogP contribution in [0.2, 0.25) is 0 Å². The molecule has 0 fully saturated rings. The van der Waals surface area contributed by atoms with Crippen LogP contribution in [0.4, 0.5) is 0 Å². The van der Waals surface area contributed by atoms with E-state index in [1.54, 1.807) is 0 Å². The quantitative estimate of drug-likeness (QED) is 0.771. The van der Waals surface area contributed by atoms with Gasteiger partial charge in [-0.05, 0) is 42.2 Å². The summed E-state index contributed by atoms with van der Waals surface area (Å²) >= 11 is 0. The Bertz CT molecular complexity index is 626. The third-order valence-corrected chi connectivity index (χ3v) is 3.44. The zero-order valence-electron chi connectivity index (χ0n) is 13.5. The van der Waals surface area contributed by atoms with Gasteiger partial charge in [-0.2, -0.15) is 0 Å². The number of carboxylic acids is 1. The zero-order valence-corrected chi connectivity index (χ0v) is 13.5. The zero-order chi connectivity index (χ0) is 16.7. The Morgan fingerprint density at radius 1 is 1.09 bits per heavy atom. The van der Waals surface area contributed by atoms with Gasteiger partial charge in [-0.1, -0.05) is 44.2 Å². The fraction of sp³-hybridized carbons (Fsp3) is 0.316. The van der Waals surface area contributed by atoms with E-state index in [4.69, 9.17) is 4.74 Å². The monoisotopic (exact) mass is 313 g/mol. The van der Waals surface area contributed by atoms with Gasteiger partial charge in [-0.25, -0.2) is 0 Å². The number of carboxylic acid groups (broad SMARTS) is 1. The number of aliphatic carboxylic acids is 1. The molecule has 0 heterocycles. The van der Waals surface area contributed by atoms with Crippen molar-refractivity contribution in [2.24, 2.45) is 5.92 Å². The van der Waals surface area contributed by atoms with Crippen molar-refractivity contribution in [3.63, 3.8) is 0 Å². The predicted octanol–water partition coefficient (Wildman–Crippen LogP) is 4.07. The molecule has 2 aromatic rings. The number of hydrogen-bond donors (Lipinski definition) is 2. The number of carbonyl (C=O) groups is 1. The summed E-state index contributed by atoms with van der Waals surface area (Å²) in [5, 5.41) is 12.4. The second kappa shape index (κ2) is 8.34. The van der Waals surface area contributed by atoms with E-state index in [-0.39, 0.29) is 0 Å². The molecule has 0 saturated carbocycles. The van der Waals surface area contributed by atoms with Crippen LogP contribution >= 0.6 is 0 Å². The average molecular weight is 313 g/mol. The Morgan fingerprint density at radius 2 is 1.78 bits per heavy atom. The van der Waals surface area contributed by atoms with Crippen LogP contribution in [0.3, 0.4) is 0 Å². The Morgan fingerprint density at radius 3 is 2.43 bits per heavy atom. The van der Waals surface area contributed by atoms with Crippen molar-refractivity contribution >= 4 is 5.97 Å². The normalized spacial score (nSPS) is 12.1. The van der Waals surface area contributed by atoms with E-state index in [9.17, 15) is 9.90 Å². The number of nitrogens with one attached hydrogen (secondary N) is 1. The maximum absolute atomic E-state index is 11.3. The largest absolute Gasteiger partial charge is 0.480 e. The number of hydrogen-bond acceptors (Lipinski definition) is 3. The topological polar surface area (TPSA) is 58.6 Å². The highest BCUT2D eigenvalue weighted by molar-refractivity contribution is 5.73. The molecule has 0 aliphatic carbocycles. The highest BCUT2D eigenvalue weighted by Gasteiger charge is 2.17. The van der Waals surface area contributed by atoms with Crippen LogP contribution < -0.4 is 10.1 Å². The van der Waals surface area contributed by atoms with Crippen LogP contribution in [0.1, 0.15) is 25.8 Å². The second-order valence-electron chi connectivity index (χ2n) is 5.96. The molecule has 0 aliphatic rings. The van der Waals surface area contributed by atoms with Crippen molar-refractivity contribution in [3.05, 3.63) is 60.2 Å². The molecule has 0 amide bonds. The summed E-state index contributed by atoms with van der Waals surface area (Å²) < 4.78 is 5.79. The molecule has 0 spiro atoms. The molecule has 4 nitrogen and oxygen atoms in total. The van der Waals surface area contributed by atoms with Crippen molar-refractivity contribution in [1.82, 2.24) is 5.32 Å². The van der Waals surface area contributed by atoms with Crippen molar-refractivity contribution in [2.75, 3.05) is 0 Å². The van der Waals surface area contributed by atoms with Crippen molar-refractivity contribution < 1.29 is 14.6 Å². The van der Waals surface area contributed by atoms with Gasteiger partial charge >= 0.3 is 5.97 Å². The van der Waals surface area contributed by atoms with Crippen LogP contribution in [0.5, 0.6) is 11.5 Å². The van der Waals surface area contributed by atoms with Gasteiger partial charge in [0.1, 0.15) is 17.5 Å². The molecule has 1 atom stereocenters. The highest BCUT2D eigenvalue weighted by atomic mass is 16.5. The van der Waals surface area contributed by atoms with Crippen LogP contribution in [0, 0.1) is 5.92 Å². The standard InChI is InChI=1S/C19H23NO3/c1-14(2)11-18(19(21)22)20-13-15-7-6-10-17(12-15)23-16-8-4-3-5-9-16/h3-10,12,14,18,20H,11,13H2,1-2H3,(H,21,22)/t18-/m1/s1. The maximum atomic E-state index is 11.3. The second-order valence-corrected chi connectivity index (χ2v) is 5.96. The highest BCUT2D eigenvalue weighted by Crippen LogP contribution is 2.21. The number of benzene rings is 2. The van der Waals surface area contributed by atoms with Gasteiger partial charge in [0.15, 0.2) is 0 Å². The summed E-state index contributed by atoms with van der Waals surface area (Å²) in [6.45, 7) is 4.54. The summed E-state index contributed by atoms with van der Waals surface area (Å²) in [7, 11) is 0. The first-order valence-corrected chi connectivity index (χ1v) is 7.82. The minimum atomic E-state index is -0.810. The molecule has 0 radical (unpaired) electrons. The van der Waals surface area contributed by atoms with E-state index < -0.39 is 12.0 Å². The first-order chi connectivity index (χ1) is 11.0. The first-order valence-electron chi connectivity index (χ1n) is 7.82. The lowest BCUT2D eigenvalue weighted by Crippen LogP contribution is -2.37. The molecule has 122 valence electrons. The predicted molar refractivity (Wildman–Crippen MR) is 90.7 cm³/mol. The Hall–Kier alpha value is -2.33. The van der Waals surface area contributed by atoms with Crippen LogP contribution in [0.15, 0.2) is 54.6 Å². The lowest BCUT2D eigenvalue weighted by Gasteiger charge is -2.16. The number of para-hydroxylation sites is 1. The Kier molecular flexibility index (Phi) is 6.18. The molecule has 0 bridgehead atoms. The average Bonchev–Trinajstić information content (AvgIpc) is 2.52. The van der Waals surface area contributed by atoms with Gasteiger partial charge in [-0.15, -0.1) is 0 Å². The first kappa shape index (κ1) is 17.0. The smallest absolute Gasteiger partial charge is 0.320 e. The maximum Gasteiger partial charge on any atom is 0.320 e. The molecule has 0 aliphatic heterocycles. The van der Waals surface area contributed by atoms with Gasteiger partial charge in [0.2, 0.25) is 0 Å². The van der Waals surface area contributed by atoms with Crippen LogP contribution in [0.25, 0.3) is 0 Å². The third-order valence-electron chi connectivity index (χ3n) is 3.44. The lowest BCUT2D eigenvalue weighted by atomic mass is 10.0. The number of ether oxygens (including phenoxy) is 1. The van der Waals surface area contributed by atoms with E-state index >= 15 is 0 Å². The molecular weight excluding hydrogens is 290 g/mol. The van der Waals surface area contributed by atoms with Gasteiger partial charge in [0.25, 0.3) is 0 Å². The van der Waals surface area contributed by atoms with E-state index in [1.165, 1.54) is 0 Å². The minimum Gasteiger partial charge on any atom is -0.480 e. The minimum absolute atomic E-state index is 0.330. The van der Waals surface area contributed by atoms with Gasteiger partial charge in [0, 0.05) is 6.54 Å². The van der Waals surface area contributed by atoms with Crippen LogP contribution in [-0.2, 0) is 11.3 Å². The van der Waals surface area contributed by atoms with Gasteiger partial charge in [-0.3, -0.25) is 4.79 Å². The third kappa shape index (κ3) is 5.75. The van der Waals surface area contributed by atoms with E-state index in [1.807, 2.05) is 68.4 Å². The molecule has 0 aromatic heterocycles. The number of rotatable bonds is 8. The summed E-state index contributed by atoms with van der Waals surface area (Å²) in [6.07, 6.45) is 0.607. The molecule has 4 heteroatoms. The summed E-state index contributed by atoms with van der Waals surface area (Å²) in [5.74, 6) is 1.04. The van der Waals surface area contributed by atoms with Crippen molar-refractivity contribution in [1.29, 1.82) is 0 Å². The van der Waals surface area contributed by atoms with E-state index in [0.717, 1.165) is 17.1 Å². The van der Waals surface area contributed by atoms with E-state index in [0.29, 0.717) is 18.9 Å². The lowest BCUT2D eigenvalue weighted by molar-refractivity contribution is -0.140. The summed E-state index contributed by atoms with van der Waals surface area (Å²) in [5.41, 5.74) is 0.994. The fourth-order valence-electron chi connectivity index (χ4n) is 2.33. The Balaban J connectivity index is 1.98. The molecule has 2 aromatic carbocycles. The molecule has 0 saturated heterocycles.